The molecule has 6 nitrogen and oxygen atoms in total. The van der Waals surface area contributed by atoms with E-state index in [1.807, 2.05) is 6.92 Å². The van der Waals surface area contributed by atoms with Gasteiger partial charge in [0.1, 0.15) is 12.1 Å². The minimum atomic E-state index is -3.06. The SMILES string of the molecule is CCC1NC(=O)C(C)N(C2CCS(=O)(=O)C2)C1=O. The summed E-state index contributed by atoms with van der Waals surface area (Å²) in [6.07, 6.45) is 0.954. The van der Waals surface area contributed by atoms with Crippen LogP contribution in [0.2, 0.25) is 0 Å². The highest BCUT2D eigenvalue weighted by atomic mass is 32.2. The van der Waals surface area contributed by atoms with Crippen molar-refractivity contribution in [1.29, 1.82) is 0 Å². The second kappa shape index (κ2) is 4.53. The van der Waals surface area contributed by atoms with Crippen molar-refractivity contribution in [3.63, 3.8) is 0 Å². The fourth-order valence-corrected chi connectivity index (χ4v) is 4.33. The number of rotatable bonds is 2. The number of nitrogens with one attached hydrogen (secondary N) is 1. The minimum absolute atomic E-state index is 0.0210. The van der Waals surface area contributed by atoms with Gasteiger partial charge in [-0.25, -0.2) is 8.42 Å². The van der Waals surface area contributed by atoms with Crippen LogP contribution in [0.4, 0.5) is 0 Å². The fourth-order valence-electron chi connectivity index (χ4n) is 2.62. The van der Waals surface area contributed by atoms with Crippen molar-refractivity contribution in [2.24, 2.45) is 0 Å². The first-order chi connectivity index (χ1) is 8.35. The van der Waals surface area contributed by atoms with Crippen molar-refractivity contribution >= 4 is 21.7 Å². The van der Waals surface area contributed by atoms with E-state index in [9.17, 15) is 18.0 Å². The van der Waals surface area contributed by atoms with E-state index in [0.717, 1.165) is 0 Å². The summed E-state index contributed by atoms with van der Waals surface area (Å²) in [5.41, 5.74) is 0. The normalized spacial score (nSPS) is 35.7. The summed E-state index contributed by atoms with van der Waals surface area (Å²) in [7, 11) is -3.06. The lowest BCUT2D eigenvalue weighted by Gasteiger charge is -2.40. The Labute approximate surface area is 107 Å². The molecule has 3 unspecified atom stereocenters. The summed E-state index contributed by atoms with van der Waals surface area (Å²) in [5.74, 6) is -0.281. The van der Waals surface area contributed by atoms with Crippen LogP contribution in [-0.2, 0) is 19.4 Å². The minimum Gasteiger partial charge on any atom is -0.343 e. The molecule has 2 heterocycles. The summed E-state index contributed by atoms with van der Waals surface area (Å²) < 4.78 is 23.0. The van der Waals surface area contributed by atoms with Gasteiger partial charge < -0.3 is 10.2 Å². The van der Waals surface area contributed by atoms with E-state index in [0.29, 0.717) is 12.8 Å². The third-order valence-electron chi connectivity index (χ3n) is 3.68. The highest BCUT2D eigenvalue weighted by Gasteiger charge is 2.44. The first kappa shape index (κ1) is 13.3. The highest BCUT2D eigenvalue weighted by Crippen LogP contribution is 2.23. The molecule has 2 amide bonds. The Morgan fingerprint density at radius 2 is 2.06 bits per heavy atom. The van der Waals surface area contributed by atoms with Crippen LogP contribution in [0, 0.1) is 0 Å². The molecule has 0 aromatic carbocycles. The largest absolute Gasteiger partial charge is 0.343 e. The van der Waals surface area contributed by atoms with Gasteiger partial charge >= 0.3 is 0 Å². The average Bonchev–Trinajstić information content (AvgIpc) is 2.64. The van der Waals surface area contributed by atoms with Crippen LogP contribution in [0.15, 0.2) is 0 Å². The zero-order chi connectivity index (χ0) is 13.5. The zero-order valence-corrected chi connectivity index (χ0v) is 11.4. The van der Waals surface area contributed by atoms with Gasteiger partial charge in [-0.2, -0.15) is 0 Å². The Morgan fingerprint density at radius 3 is 2.56 bits per heavy atom. The number of carbonyl (C=O) groups excluding carboxylic acids is 2. The first-order valence-corrected chi connectivity index (χ1v) is 8.01. The van der Waals surface area contributed by atoms with Crippen LogP contribution in [0.1, 0.15) is 26.7 Å². The Hall–Kier alpha value is -1.11. The molecule has 2 rings (SSSR count). The molecule has 7 heteroatoms. The Balaban J connectivity index is 2.24. The van der Waals surface area contributed by atoms with E-state index < -0.39 is 21.9 Å². The van der Waals surface area contributed by atoms with Gasteiger partial charge in [-0.05, 0) is 19.8 Å². The second-order valence-electron chi connectivity index (χ2n) is 4.95. The van der Waals surface area contributed by atoms with Crippen molar-refractivity contribution in [2.45, 2.75) is 44.8 Å². The van der Waals surface area contributed by atoms with Gasteiger partial charge in [0.2, 0.25) is 11.8 Å². The molecule has 18 heavy (non-hydrogen) atoms. The zero-order valence-electron chi connectivity index (χ0n) is 10.5. The van der Waals surface area contributed by atoms with Crippen LogP contribution >= 0.6 is 0 Å². The summed E-state index contributed by atoms with van der Waals surface area (Å²) in [5, 5.41) is 2.66. The van der Waals surface area contributed by atoms with E-state index in [1.54, 1.807) is 6.92 Å². The topological polar surface area (TPSA) is 83.6 Å². The van der Waals surface area contributed by atoms with Gasteiger partial charge in [-0.15, -0.1) is 0 Å². The smallest absolute Gasteiger partial charge is 0.246 e. The maximum atomic E-state index is 12.2. The number of piperazine rings is 1. The summed E-state index contributed by atoms with van der Waals surface area (Å²) in [6.45, 7) is 3.46. The Bertz CT molecular complexity index is 473. The van der Waals surface area contributed by atoms with Gasteiger partial charge in [0.25, 0.3) is 0 Å². The van der Waals surface area contributed by atoms with Crippen molar-refractivity contribution in [2.75, 3.05) is 11.5 Å². The van der Waals surface area contributed by atoms with E-state index in [2.05, 4.69) is 5.32 Å². The van der Waals surface area contributed by atoms with Crippen LogP contribution in [0.25, 0.3) is 0 Å². The molecule has 0 bridgehead atoms. The third-order valence-corrected chi connectivity index (χ3v) is 5.43. The van der Waals surface area contributed by atoms with Crippen LogP contribution < -0.4 is 5.32 Å². The number of hydrogen-bond donors (Lipinski definition) is 1. The molecule has 2 aliphatic heterocycles. The third kappa shape index (κ3) is 2.23. The van der Waals surface area contributed by atoms with Crippen LogP contribution in [0.5, 0.6) is 0 Å². The monoisotopic (exact) mass is 274 g/mol. The average molecular weight is 274 g/mol. The lowest BCUT2D eigenvalue weighted by molar-refractivity contribution is -0.150. The maximum Gasteiger partial charge on any atom is 0.246 e. The molecule has 3 atom stereocenters. The van der Waals surface area contributed by atoms with E-state index in [-0.39, 0.29) is 29.4 Å². The van der Waals surface area contributed by atoms with Crippen molar-refractivity contribution < 1.29 is 18.0 Å². The molecule has 2 aliphatic rings. The Kier molecular flexibility index (Phi) is 3.35. The first-order valence-electron chi connectivity index (χ1n) is 6.18. The molecule has 2 fully saturated rings. The Morgan fingerprint density at radius 1 is 1.39 bits per heavy atom. The predicted octanol–water partition coefficient (Wildman–Crippen LogP) is -0.701. The lowest BCUT2D eigenvalue weighted by Crippen LogP contribution is -2.64. The quantitative estimate of drug-likeness (QED) is 0.721. The molecule has 0 aromatic rings. The summed E-state index contributed by atoms with van der Waals surface area (Å²) in [4.78, 5) is 25.5. The number of amides is 2. The van der Waals surface area contributed by atoms with Gasteiger partial charge in [0.05, 0.1) is 11.5 Å². The molecule has 102 valence electrons. The molecule has 1 N–H and O–H groups in total. The molecular formula is C11H18N2O4S. The van der Waals surface area contributed by atoms with Gasteiger partial charge in [0.15, 0.2) is 9.84 Å². The molecule has 2 saturated heterocycles. The molecule has 0 spiro atoms. The maximum absolute atomic E-state index is 12.2. The molecule has 0 saturated carbocycles. The van der Waals surface area contributed by atoms with Gasteiger partial charge in [0, 0.05) is 6.04 Å². The van der Waals surface area contributed by atoms with Crippen LogP contribution in [-0.4, -0.2) is 54.8 Å². The summed E-state index contributed by atoms with van der Waals surface area (Å²) in [6, 6.07) is -1.45. The standard InChI is InChI=1S/C11H18N2O4S/c1-3-9-11(15)13(7(2)10(14)12-9)8-4-5-18(16,17)6-8/h7-9H,3-6H2,1-2H3,(H,12,14). The lowest BCUT2D eigenvalue weighted by atomic mass is 10.0. The molecular weight excluding hydrogens is 256 g/mol. The number of hydrogen-bond acceptors (Lipinski definition) is 4. The molecule has 0 aromatic heterocycles. The van der Waals surface area contributed by atoms with E-state index >= 15 is 0 Å². The van der Waals surface area contributed by atoms with Crippen molar-refractivity contribution in [3.05, 3.63) is 0 Å². The van der Waals surface area contributed by atoms with Crippen LogP contribution in [0.3, 0.4) is 0 Å². The fraction of sp³-hybridized carbons (Fsp3) is 0.818. The second-order valence-corrected chi connectivity index (χ2v) is 7.18. The van der Waals surface area contributed by atoms with Gasteiger partial charge in [-0.3, -0.25) is 9.59 Å². The number of nitrogens with zero attached hydrogens (tertiary/aromatic N) is 1. The predicted molar refractivity (Wildman–Crippen MR) is 65.6 cm³/mol. The van der Waals surface area contributed by atoms with E-state index in [4.69, 9.17) is 0 Å². The molecule has 0 radical (unpaired) electrons. The van der Waals surface area contributed by atoms with Crippen molar-refractivity contribution in [3.8, 4) is 0 Å². The van der Waals surface area contributed by atoms with E-state index in [1.165, 1.54) is 4.90 Å². The van der Waals surface area contributed by atoms with Crippen molar-refractivity contribution in [1.82, 2.24) is 10.2 Å². The number of sulfone groups is 1. The number of carbonyl (C=O) groups is 2. The van der Waals surface area contributed by atoms with Gasteiger partial charge in [-0.1, -0.05) is 6.92 Å². The highest BCUT2D eigenvalue weighted by molar-refractivity contribution is 7.91. The molecule has 0 aliphatic carbocycles. The summed E-state index contributed by atoms with van der Waals surface area (Å²) >= 11 is 0.